The van der Waals surface area contributed by atoms with Crippen molar-refractivity contribution < 1.29 is 9.32 Å². The summed E-state index contributed by atoms with van der Waals surface area (Å²) in [7, 11) is 0. The van der Waals surface area contributed by atoms with E-state index < -0.39 is 0 Å². The Balaban J connectivity index is 1.47. The van der Waals surface area contributed by atoms with E-state index >= 15 is 0 Å². The second-order valence-corrected chi connectivity index (χ2v) is 6.98. The molecule has 5 nitrogen and oxygen atoms in total. The van der Waals surface area contributed by atoms with Crippen molar-refractivity contribution in [3.05, 3.63) is 46.6 Å². The Morgan fingerprint density at radius 2 is 2.30 bits per heavy atom. The van der Waals surface area contributed by atoms with Crippen LogP contribution >= 0.6 is 23.4 Å². The van der Waals surface area contributed by atoms with Crippen molar-refractivity contribution in [2.45, 2.75) is 25.0 Å². The number of hydrogen-bond acceptors (Lipinski definition) is 5. The normalized spacial score (nSPS) is 17.7. The highest BCUT2D eigenvalue weighted by Crippen LogP contribution is 2.27. The molecule has 3 rings (SSSR count). The van der Waals surface area contributed by atoms with Crippen LogP contribution in [0.1, 0.15) is 29.6 Å². The predicted octanol–water partition coefficient (Wildman–Crippen LogP) is 3.28. The molecule has 0 aliphatic carbocycles. The molecule has 2 heterocycles. The molecule has 0 radical (unpaired) electrons. The summed E-state index contributed by atoms with van der Waals surface area (Å²) < 4.78 is 5.21. The van der Waals surface area contributed by atoms with E-state index in [-0.39, 0.29) is 11.8 Å². The van der Waals surface area contributed by atoms with Gasteiger partial charge in [-0.3, -0.25) is 4.79 Å². The maximum atomic E-state index is 12.3. The van der Waals surface area contributed by atoms with Crippen LogP contribution in [0.3, 0.4) is 0 Å². The van der Waals surface area contributed by atoms with Crippen molar-refractivity contribution in [3.63, 3.8) is 0 Å². The summed E-state index contributed by atoms with van der Waals surface area (Å²) in [4.78, 5) is 18.4. The molecule has 1 amide bonds. The minimum Gasteiger partial charge on any atom is -0.341 e. The van der Waals surface area contributed by atoms with Crippen molar-refractivity contribution in [2.24, 2.45) is 0 Å². The average Bonchev–Trinajstić information content (AvgIpc) is 3.18. The van der Waals surface area contributed by atoms with E-state index in [1.807, 2.05) is 29.2 Å². The Bertz CT molecular complexity index is 691. The molecule has 0 bridgehead atoms. The summed E-state index contributed by atoms with van der Waals surface area (Å²) >= 11 is 7.71. The molecule has 7 heteroatoms. The number of amides is 1. The molecule has 0 spiro atoms. The number of carbonyl (C=O) groups is 1. The molecule has 1 aliphatic rings. The molecule has 0 saturated carbocycles. The highest BCUT2D eigenvalue weighted by Gasteiger charge is 2.30. The number of halogens is 1. The first-order chi connectivity index (χ1) is 11.1. The van der Waals surface area contributed by atoms with Crippen LogP contribution in [-0.2, 0) is 10.5 Å². The Labute approximate surface area is 144 Å². The van der Waals surface area contributed by atoms with Crippen LogP contribution in [0.2, 0.25) is 5.02 Å². The molecule has 1 aliphatic heterocycles. The van der Waals surface area contributed by atoms with Crippen LogP contribution in [0.4, 0.5) is 0 Å². The predicted molar refractivity (Wildman–Crippen MR) is 90.6 cm³/mol. The fourth-order valence-electron chi connectivity index (χ4n) is 2.62. The zero-order chi connectivity index (χ0) is 16.2. The summed E-state index contributed by atoms with van der Waals surface area (Å²) in [6.45, 7) is 3.21. The third-order valence-electron chi connectivity index (χ3n) is 3.87. The number of nitrogens with zero attached hydrogens (tertiary/aromatic N) is 3. The Morgan fingerprint density at radius 3 is 3.04 bits per heavy atom. The van der Waals surface area contributed by atoms with Crippen LogP contribution in [0, 0.1) is 6.92 Å². The topological polar surface area (TPSA) is 59.2 Å². The van der Waals surface area contributed by atoms with Crippen LogP contribution in [-0.4, -0.2) is 39.8 Å². The lowest BCUT2D eigenvalue weighted by atomic mass is 10.1. The van der Waals surface area contributed by atoms with Gasteiger partial charge in [0.05, 0.1) is 11.7 Å². The fraction of sp³-hybridized carbons (Fsp3) is 0.438. The molecule has 0 N–H and O–H groups in total. The van der Waals surface area contributed by atoms with Crippen molar-refractivity contribution in [1.29, 1.82) is 0 Å². The zero-order valence-electron chi connectivity index (χ0n) is 12.9. The van der Waals surface area contributed by atoms with Gasteiger partial charge in [0.2, 0.25) is 11.8 Å². The lowest BCUT2D eigenvalue weighted by Crippen LogP contribution is -2.30. The second-order valence-electron chi connectivity index (χ2n) is 5.59. The number of benzene rings is 1. The largest absolute Gasteiger partial charge is 0.341 e. The van der Waals surface area contributed by atoms with Crippen molar-refractivity contribution in [1.82, 2.24) is 15.0 Å². The van der Waals surface area contributed by atoms with Gasteiger partial charge < -0.3 is 9.42 Å². The van der Waals surface area contributed by atoms with Crippen molar-refractivity contribution >= 4 is 29.3 Å². The van der Waals surface area contributed by atoms with E-state index in [1.165, 1.54) is 0 Å². The molecule has 1 aromatic carbocycles. The number of likely N-dealkylation sites (tertiary alicyclic amines) is 1. The maximum absolute atomic E-state index is 12.3. The van der Waals surface area contributed by atoms with Gasteiger partial charge in [0, 0.05) is 23.9 Å². The van der Waals surface area contributed by atoms with Crippen molar-refractivity contribution in [2.75, 3.05) is 18.8 Å². The number of thioether (sulfide) groups is 1. The highest BCUT2D eigenvalue weighted by atomic mass is 35.5. The summed E-state index contributed by atoms with van der Waals surface area (Å²) in [5, 5.41) is 4.57. The van der Waals surface area contributed by atoms with Gasteiger partial charge in [0.1, 0.15) is 0 Å². The second kappa shape index (κ2) is 7.36. The van der Waals surface area contributed by atoms with Crippen LogP contribution in [0.25, 0.3) is 0 Å². The average molecular weight is 352 g/mol. The molecule has 1 saturated heterocycles. The van der Waals surface area contributed by atoms with Gasteiger partial charge in [-0.2, -0.15) is 4.98 Å². The minimum absolute atomic E-state index is 0.154. The first kappa shape index (κ1) is 16.3. The van der Waals surface area contributed by atoms with E-state index in [9.17, 15) is 4.79 Å². The molecule has 1 unspecified atom stereocenters. The van der Waals surface area contributed by atoms with Gasteiger partial charge in [-0.1, -0.05) is 35.0 Å². The molecule has 2 aromatic rings. The number of carbonyl (C=O) groups excluding carboxylic acids is 1. The maximum Gasteiger partial charge on any atom is 0.232 e. The van der Waals surface area contributed by atoms with Crippen LogP contribution in [0.5, 0.6) is 0 Å². The minimum atomic E-state index is 0.154. The summed E-state index contributed by atoms with van der Waals surface area (Å²) in [6.07, 6.45) is 0.878. The van der Waals surface area contributed by atoms with Crippen molar-refractivity contribution in [3.8, 4) is 0 Å². The van der Waals surface area contributed by atoms with Gasteiger partial charge in [-0.15, -0.1) is 11.8 Å². The van der Waals surface area contributed by atoms with Gasteiger partial charge in [0.25, 0.3) is 0 Å². The highest BCUT2D eigenvalue weighted by molar-refractivity contribution is 7.99. The lowest BCUT2D eigenvalue weighted by Gasteiger charge is -2.15. The quantitative estimate of drug-likeness (QED) is 0.827. The first-order valence-electron chi connectivity index (χ1n) is 7.52. The molecule has 1 fully saturated rings. The third kappa shape index (κ3) is 4.06. The SMILES string of the molecule is Cc1noc(C2CCN(C(=O)CSCc3ccccc3Cl)C2)n1. The molecule has 1 atom stereocenters. The van der Waals surface area contributed by atoms with E-state index in [1.54, 1.807) is 18.7 Å². The number of aryl methyl sites for hydroxylation is 1. The van der Waals surface area contributed by atoms with E-state index in [2.05, 4.69) is 10.1 Å². The standard InChI is InChI=1S/C16H18ClN3O2S/c1-11-18-16(22-19-11)12-6-7-20(8-12)15(21)10-23-9-13-4-2-3-5-14(13)17/h2-5,12H,6-10H2,1H3. The molecule has 1 aromatic heterocycles. The Morgan fingerprint density at radius 1 is 1.48 bits per heavy atom. The van der Waals surface area contributed by atoms with Crippen LogP contribution < -0.4 is 0 Å². The third-order valence-corrected chi connectivity index (χ3v) is 5.21. The first-order valence-corrected chi connectivity index (χ1v) is 9.06. The molecule has 122 valence electrons. The number of hydrogen-bond donors (Lipinski definition) is 0. The van der Waals surface area contributed by atoms with Crippen LogP contribution in [0.15, 0.2) is 28.8 Å². The lowest BCUT2D eigenvalue weighted by molar-refractivity contribution is -0.127. The van der Waals surface area contributed by atoms with E-state index in [0.29, 0.717) is 24.0 Å². The summed E-state index contributed by atoms with van der Waals surface area (Å²) in [5.74, 6) is 2.79. The number of rotatable bonds is 5. The van der Waals surface area contributed by atoms with E-state index in [0.717, 1.165) is 29.3 Å². The monoisotopic (exact) mass is 351 g/mol. The molecular weight excluding hydrogens is 334 g/mol. The summed E-state index contributed by atoms with van der Waals surface area (Å²) in [6, 6.07) is 7.73. The Hall–Kier alpha value is -1.53. The zero-order valence-corrected chi connectivity index (χ0v) is 14.4. The molecular formula is C16H18ClN3O2S. The van der Waals surface area contributed by atoms with Gasteiger partial charge in [-0.25, -0.2) is 0 Å². The van der Waals surface area contributed by atoms with E-state index in [4.69, 9.17) is 16.1 Å². The number of aromatic nitrogens is 2. The fourth-order valence-corrected chi connectivity index (χ4v) is 3.84. The Kier molecular flexibility index (Phi) is 5.23. The molecule has 23 heavy (non-hydrogen) atoms. The smallest absolute Gasteiger partial charge is 0.232 e. The van der Waals surface area contributed by atoms with Gasteiger partial charge >= 0.3 is 0 Å². The van der Waals surface area contributed by atoms with Gasteiger partial charge in [0.15, 0.2) is 5.82 Å². The summed E-state index contributed by atoms with van der Waals surface area (Å²) in [5.41, 5.74) is 1.06. The van der Waals surface area contributed by atoms with Gasteiger partial charge in [-0.05, 0) is 25.0 Å².